The molecule has 10 aromatic rings. The van der Waals surface area contributed by atoms with Crippen molar-refractivity contribution in [3.63, 3.8) is 0 Å². The maximum absolute atomic E-state index is 9.79. The summed E-state index contributed by atoms with van der Waals surface area (Å²) in [6.07, 6.45) is 0. The van der Waals surface area contributed by atoms with E-state index in [2.05, 4.69) is 150 Å². The van der Waals surface area contributed by atoms with Gasteiger partial charge in [-0.15, -0.1) is 11.3 Å². The summed E-state index contributed by atoms with van der Waals surface area (Å²) in [6, 6.07) is 64.3. The zero-order valence-electron chi connectivity index (χ0n) is 28.0. The first-order valence-electron chi connectivity index (χ1n) is 17.3. The van der Waals surface area contributed by atoms with Crippen molar-refractivity contribution in [1.29, 1.82) is 5.26 Å². The second kappa shape index (κ2) is 12.2. The number of fused-ring (bicyclic) bond motifs is 6. The Kier molecular flexibility index (Phi) is 7.06. The van der Waals surface area contributed by atoms with Crippen molar-refractivity contribution in [3.05, 3.63) is 181 Å². The monoisotopic (exact) mass is 679 g/mol. The topological polar surface area (TPSA) is 41.6 Å². The van der Waals surface area contributed by atoms with Gasteiger partial charge in [0.1, 0.15) is 0 Å². The Bertz CT molecular complexity index is 3030. The minimum atomic E-state index is 0.630. The van der Waals surface area contributed by atoms with E-state index in [0.717, 1.165) is 50.4 Å². The van der Waals surface area contributed by atoms with Crippen LogP contribution in [0, 0.1) is 11.3 Å². The van der Waals surface area contributed by atoms with Crippen LogP contribution >= 0.6 is 11.3 Å². The number of hydrogen-bond donors (Lipinski definition) is 0. The summed E-state index contributed by atoms with van der Waals surface area (Å²) in [5.74, 6) is 0. The smallest absolute Gasteiger partial charge is 0.0991 e. The van der Waals surface area contributed by atoms with Crippen LogP contribution in [0.15, 0.2) is 176 Å². The van der Waals surface area contributed by atoms with Gasteiger partial charge < -0.3 is 4.57 Å². The molecule has 0 bridgehead atoms. The van der Waals surface area contributed by atoms with Crippen molar-refractivity contribution in [2.24, 2.45) is 0 Å². The van der Waals surface area contributed by atoms with Crippen LogP contribution in [0.1, 0.15) is 5.56 Å². The maximum Gasteiger partial charge on any atom is 0.0991 e. The Morgan fingerprint density at radius 2 is 1.15 bits per heavy atom. The first-order chi connectivity index (χ1) is 25.7. The molecule has 7 aromatic carbocycles. The van der Waals surface area contributed by atoms with Gasteiger partial charge in [0.2, 0.25) is 0 Å². The van der Waals surface area contributed by atoms with Crippen LogP contribution < -0.4 is 0 Å². The number of rotatable bonds is 5. The highest BCUT2D eigenvalue weighted by Gasteiger charge is 2.18. The van der Waals surface area contributed by atoms with E-state index in [4.69, 9.17) is 4.98 Å². The minimum Gasteiger partial charge on any atom is -0.309 e. The molecule has 0 fully saturated rings. The Labute approximate surface area is 304 Å². The Morgan fingerprint density at radius 3 is 2.04 bits per heavy atom. The minimum absolute atomic E-state index is 0.630. The highest BCUT2D eigenvalue weighted by Crippen LogP contribution is 2.42. The lowest BCUT2D eigenvalue weighted by molar-refractivity contribution is 1.18. The van der Waals surface area contributed by atoms with Gasteiger partial charge in [-0.05, 0) is 82.9 Å². The predicted octanol–water partition coefficient (Wildman–Crippen LogP) is 13.1. The Morgan fingerprint density at radius 1 is 0.462 bits per heavy atom. The van der Waals surface area contributed by atoms with Crippen molar-refractivity contribution in [2.45, 2.75) is 0 Å². The van der Waals surface area contributed by atoms with Crippen LogP contribution in [0.25, 0.3) is 92.4 Å². The molecule has 0 aliphatic heterocycles. The zero-order valence-corrected chi connectivity index (χ0v) is 28.8. The van der Waals surface area contributed by atoms with Gasteiger partial charge in [-0.2, -0.15) is 5.26 Å². The van der Waals surface area contributed by atoms with Gasteiger partial charge in [0.05, 0.1) is 34.1 Å². The lowest BCUT2D eigenvalue weighted by Crippen LogP contribution is -1.97. The number of aromatic nitrogens is 2. The van der Waals surface area contributed by atoms with Crippen LogP contribution in [-0.4, -0.2) is 9.55 Å². The quantitative estimate of drug-likeness (QED) is 0.182. The molecule has 3 nitrogen and oxygen atoms in total. The van der Waals surface area contributed by atoms with Gasteiger partial charge in [-0.25, -0.2) is 4.98 Å². The molecule has 0 aliphatic carbocycles. The van der Waals surface area contributed by atoms with Gasteiger partial charge in [0.15, 0.2) is 0 Å². The second-order valence-corrected chi connectivity index (χ2v) is 14.2. The molecule has 0 unspecified atom stereocenters. The standard InChI is InChI=1S/C48H29N3S/c49-30-31-11-8-14-33(25-31)35-26-36(44-20-10-19-43(50-44)32-12-2-1-3-13-32)28-37(27-35)51-45-21-6-4-15-39(45)40-24-23-34(29-46(40)51)38-17-9-18-42-41-16-5-7-22-47(41)52-48(38)42/h1-29H. The summed E-state index contributed by atoms with van der Waals surface area (Å²) in [7, 11) is 0. The molecule has 0 amide bonds. The number of nitrogens with zero attached hydrogens (tertiary/aromatic N) is 3. The summed E-state index contributed by atoms with van der Waals surface area (Å²) in [6.45, 7) is 0. The van der Waals surface area contributed by atoms with Crippen molar-refractivity contribution >= 4 is 53.3 Å². The largest absolute Gasteiger partial charge is 0.309 e. The maximum atomic E-state index is 9.79. The molecule has 0 saturated heterocycles. The molecular formula is C48H29N3S. The molecule has 0 spiro atoms. The van der Waals surface area contributed by atoms with Crippen LogP contribution in [0.4, 0.5) is 0 Å². The van der Waals surface area contributed by atoms with Crippen LogP contribution in [-0.2, 0) is 0 Å². The summed E-state index contributed by atoms with van der Waals surface area (Å²) in [5, 5.41) is 14.8. The fraction of sp³-hybridized carbons (Fsp3) is 0. The molecule has 52 heavy (non-hydrogen) atoms. The third kappa shape index (κ3) is 4.99. The van der Waals surface area contributed by atoms with E-state index in [9.17, 15) is 5.26 Å². The SMILES string of the molecule is N#Cc1cccc(-c2cc(-c3cccc(-c4ccccc4)n3)cc(-n3c4ccccc4c4ccc(-c5cccc6c5sc5ccccc56)cc43)c2)c1. The van der Waals surface area contributed by atoms with Gasteiger partial charge in [-0.3, -0.25) is 0 Å². The van der Waals surface area contributed by atoms with E-state index >= 15 is 0 Å². The molecule has 3 aromatic heterocycles. The van der Waals surface area contributed by atoms with Gasteiger partial charge >= 0.3 is 0 Å². The molecule has 0 radical (unpaired) electrons. The van der Waals surface area contributed by atoms with Gasteiger partial charge in [0, 0.05) is 47.8 Å². The van der Waals surface area contributed by atoms with E-state index in [1.165, 1.54) is 42.1 Å². The summed E-state index contributed by atoms with van der Waals surface area (Å²) < 4.78 is 4.99. The number of nitriles is 1. The first-order valence-corrected chi connectivity index (χ1v) is 18.2. The van der Waals surface area contributed by atoms with E-state index < -0.39 is 0 Å². The number of para-hydroxylation sites is 1. The van der Waals surface area contributed by atoms with Gasteiger partial charge in [0.25, 0.3) is 0 Å². The molecule has 0 saturated carbocycles. The first kappa shape index (κ1) is 30.1. The lowest BCUT2D eigenvalue weighted by atomic mass is 9.98. The van der Waals surface area contributed by atoms with E-state index in [1.54, 1.807) is 0 Å². The molecule has 242 valence electrons. The molecule has 0 atom stereocenters. The molecular weight excluding hydrogens is 651 g/mol. The second-order valence-electron chi connectivity index (χ2n) is 13.1. The van der Waals surface area contributed by atoms with Crippen molar-refractivity contribution in [2.75, 3.05) is 0 Å². The summed E-state index contributed by atoms with van der Waals surface area (Å²) >= 11 is 1.86. The van der Waals surface area contributed by atoms with Crippen LogP contribution in [0.5, 0.6) is 0 Å². The summed E-state index contributed by atoms with van der Waals surface area (Å²) in [4.78, 5) is 5.17. The van der Waals surface area contributed by atoms with Crippen LogP contribution in [0.2, 0.25) is 0 Å². The van der Waals surface area contributed by atoms with Crippen molar-refractivity contribution in [3.8, 4) is 56.5 Å². The van der Waals surface area contributed by atoms with Crippen LogP contribution in [0.3, 0.4) is 0 Å². The van der Waals surface area contributed by atoms with E-state index in [0.29, 0.717) is 5.56 Å². The number of thiophene rings is 1. The number of benzene rings is 7. The molecule has 4 heteroatoms. The normalized spacial score (nSPS) is 11.4. The Balaban J connectivity index is 1.23. The molecule has 3 heterocycles. The summed E-state index contributed by atoms with van der Waals surface area (Å²) in [5.41, 5.74) is 12.3. The zero-order chi connectivity index (χ0) is 34.6. The lowest BCUT2D eigenvalue weighted by Gasteiger charge is -2.15. The fourth-order valence-corrected chi connectivity index (χ4v) is 8.82. The average Bonchev–Trinajstić information content (AvgIpc) is 3.77. The number of pyridine rings is 1. The highest BCUT2D eigenvalue weighted by atomic mass is 32.1. The molecule has 10 rings (SSSR count). The Hall–Kier alpha value is -6.80. The average molecular weight is 680 g/mol. The molecule has 0 N–H and O–H groups in total. The third-order valence-electron chi connectivity index (χ3n) is 10.0. The highest BCUT2D eigenvalue weighted by molar-refractivity contribution is 7.26. The fourth-order valence-electron chi connectivity index (χ4n) is 7.58. The van der Waals surface area contributed by atoms with Crippen molar-refractivity contribution in [1.82, 2.24) is 9.55 Å². The van der Waals surface area contributed by atoms with E-state index in [-0.39, 0.29) is 0 Å². The predicted molar refractivity (Wildman–Crippen MR) is 218 cm³/mol. The van der Waals surface area contributed by atoms with E-state index in [1.807, 2.05) is 47.7 Å². The van der Waals surface area contributed by atoms with Crippen molar-refractivity contribution < 1.29 is 0 Å². The number of hydrogen-bond acceptors (Lipinski definition) is 3. The van der Waals surface area contributed by atoms with Gasteiger partial charge in [-0.1, -0.05) is 115 Å². The molecule has 0 aliphatic rings. The third-order valence-corrected chi connectivity index (χ3v) is 11.2.